The maximum Gasteiger partial charge on any atom is 0.339 e. The van der Waals surface area contributed by atoms with E-state index in [-0.39, 0.29) is 11.5 Å². The minimum absolute atomic E-state index is 0.0477. The number of nitrogens with zero attached hydrogens (tertiary/aromatic N) is 1. The fraction of sp³-hybridized carbons (Fsp3) is 0.263. The summed E-state index contributed by atoms with van der Waals surface area (Å²) in [5, 5.41) is 0. The van der Waals surface area contributed by atoms with Gasteiger partial charge in [0.05, 0.1) is 12.7 Å². The van der Waals surface area contributed by atoms with Crippen LogP contribution in [0.5, 0.6) is 0 Å². The number of carbonyl (C=O) groups excluding carboxylic acids is 1. The molecule has 4 heteroatoms. The number of carbonyl (C=O) groups is 1. The van der Waals surface area contributed by atoms with Crippen LogP contribution in [0.25, 0.3) is 12.2 Å². The van der Waals surface area contributed by atoms with Crippen molar-refractivity contribution in [3.63, 3.8) is 0 Å². The summed E-state index contributed by atoms with van der Waals surface area (Å²) >= 11 is 0. The van der Waals surface area contributed by atoms with Crippen LogP contribution in [0, 0.1) is 6.92 Å². The Labute approximate surface area is 135 Å². The van der Waals surface area contributed by atoms with Gasteiger partial charge >= 0.3 is 5.97 Å². The highest BCUT2D eigenvalue weighted by Gasteiger charge is 2.22. The molecule has 0 spiro atoms. The zero-order chi connectivity index (χ0) is 16.4. The van der Waals surface area contributed by atoms with E-state index in [1.807, 2.05) is 37.3 Å². The van der Waals surface area contributed by atoms with Crippen molar-refractivity contribution in [2.24, 2.45) is 0 Å². The number of rotatable bonds is 3. The quantitative estimate of drug-likeness (QED) is 0.819. The lowest BCUT2D eigenvalue weighted by molar-refractivity contribution is 0.0598. The van der Waals surface area contributed by atoms with Crippen molar-refractivity contribution >= 4 is 18.1 Å². The smallest absolute Gasteiger partial charge is 0.339 e. The summed E-state index contributed by atoms with van der Waals surface area (Å²) in [5.74, 6) is -0.388. The molecule has 0 bridgehead atoms. The van der Waals surface area contributed by atoms with Crippen molar-refractivity contribution in [3.05, 3.63) is 68.6 Å². The summed E-state index contributed by atoms with van der Waals surface area (Å²) in [7, 11) is 1.36. The first-order valence-corrected chi connectivity index (χ1v) is 7.70. The number of benzene rings is 1. The van der Waals surface area contributed by atoms with Crippen molar-refractivity contribution in [1.29, 1.82) is 0 Å². The average Bonchev–Trinajstić information content (AvgIpc) is 3.05. The molecular weight excluding hydrogens is 290 g/mol. The number of aromatic nitrogens is 1. The zero-order valence-corrected chi connectivity index (χ0v) is 13.3. The fourth-order valence-corrected chi connectivity index (χ4v) is 2.90. The molecule has 0 N–H and O–H groups in total. The summed E-state index contributed by atoms with van der Waals surface area (Å²) in [6.07, 6.45) is 5.27. The van der Waals surface area contributed by atoms with Crippen LogP contribution in [0.4, 0.5) is 0 Å². The van der Waals surface area contributed by atoms with Gasteiger partial charge in [0.1, 0.15) is 0 Å². The molecule has 1 aliphatic heterocycles. The lowest BCUT2D eigenvalue weighted by Crippen LogP contribution is -2.24. The number of esters is 1. The van der Waals surface area contributed by atoms with Crippen LogP contribution in [0.15, 0.2) is 35.1 Å². The van der Waals surface area contributed by atoms with Gasteiger partial charge in [-0.2, -0.15) is 0 Å². The summed E-state index contributed by atoms with van der Waals surface area (Å²) in [6, 6.07) is 9.69. The molecule has 0 fully saturated rings. The molecule has 0 radical (unpaired) electrons. The average molecular weight is 309 g/mol. The van der Waals surface area contributed by atoms with Crippen molar-refractivity contribution in [2.45, 2.75) is 26.3 Å². The third-order valence-electron chi connectivity index (χ3n) is 4.16. The Balaban J connectivity index is 2.04. The molecule has 0 aliphatic carbocycles. The largest absolute Gasteiger partial charge is 0.465 e. The van der Waals surface area contributed by atoms with E-state index in [2.05, 4.69) is 0 Å². The number of ether oxygens (including phenoxy) is 1. The number of methoxy groups -OCH3 is 1. The molecule has 1 aromatic carbocycles. The number of aryl methyl sites for hydroxylation is 1. The topological polar surface area (TPSA) is 48.3 Å². The maximum absolute atomic E-state index is 12.6. The van der Waals surface area contributed by atoms with Gasteiger partial charge in [-0.1, -0.05) is 35.9 Å². The first-order valence-electron chi connectivity index (χ1n) is 7.70. The van der Waals surface area contributed by atoms with E-state index in [1.165, 1.54) is 12.7 Å². The molecule has 0 atom stereocenters. The minimum Gasteiger partial charge on any atom is -0.465 e. The molecule has 0 saturated heterocycles. The number of hydrogen-bond acceptors (Lipinski definition) is 3. The predicted octanol–water partition coefficient (Wildman–Crippen LogP) is 3.06. The fourth-order valence-electron chi connectivity index (χ4n) is 2.90. The predicted molar refractivity (Wildman–Crippen MR) is 90.5 cm³/mol. The first-order chi connectivity index (χ1) is 11.1. The highest BCUT2D eigenvalue weighted by molar-refractivity contribution is 5.91. The highest BCUT2D eigenvalue weighted by Crippen LogP contribution is 2.20. The number of pyridine rings is 1. The van der Waals surface area contributed by atoms with Crippen LogP contribution in [0.3, 0.4) is 0 Å². The Morgan fingerprint density at radius 2 is 1.96 bits per heavy atom. The molecule has 0 amide bonds. The Morgan fingerprint density at radius 1 is 1.22 bits per heavy atom. The number of fused-ring (bicyclic) bond motifs is 1. The van der Waals surface area contributed by atoms with Crippen molar-refractivity contribution in [3.8, 4) is 0 Å². The summed E-state index contributed by atoms with van der Waals surface area (Å²) in [5.41, 5.74) is 3.94. The van der Waals surface area contributed by atoms with E-state index in [0.717, 1.165) is 24.1 Å². The highest BCUT2D eigenvalue weighted by atomic mass is 16.5. The Kier molecular flexibility index (Phi) is 4.15. The van der Waals surface area contributed by atoms with Crippen LogP contribution in [0.1, 0.15) is 39.2 Å². The molecule has 118 valence electrons. The van der Waals surface area contributed by atoms with Crippen LogP contribution in [0.2, 0.25) is 0 Å². The molecule has 4 nitrogen and oxygen atoms in total. The summed E-state index contributed by atoms with van der Waals surface area (Å²) < 4.78 is 6.55. The van der Waals surface area contributed by atoms with Gasteiger partial charge in [0, 0.05) is 17.8 Å². The molecule has 23 heavy (non-hydrogen) atoms. The van der Waals surface area contributed by atoms with Crippen molar-refractivity contribution in [1.82, 2.24) is 4.57 Å². The SMILES string of the molecule is COC(=O)c1cc(/C=C/c2ccc(C)cc2)c(=O)n2c1CCC2. The monoisotopic (exact) mass is 309 g/mol. The van der Waals surface area contributed by atoms with E-state index < -0.39 is 0 Å². The standard InChI is InChI=1S/C19H19NO3/c1-13-5-7-14(8-6-13)9-10-15-12-16(19(22)23-2)17-4-3-11-20(17)18(15)21/h5-10,12H,3-4,11H2,1-2H3/b10-9+. The van der Waals surface area contributed by atoms with Gasteiger partial charge in [-0.25, -0.2) is 4.79 Å². The lowest BCUT2D eigenvalue weighted by Gasteiger charge is -2.10. The van der Waals surface area contributed by atoms with E-state index in [0.29, 0.717) is 17.7 Å². The van der Waals surface area contributed by atoms with E-state index in [4.69, 9.17) is 4.74 Å². The van der Waals surface area contributed by atoms with Crippen LogP contribution in [-0.2, 0) is 17.7 Å². The van der Waals surface area contributed by atoms with Gasteiger partial charge < -0.3 is 9.30 Å². The van der Waals surface area contributed by atoms with Gasteiger partial charge in [0.25, 0.3) is 5.56 Å². The zero-order valence-electron chi connectivity index (χ0n) is 13.3. The summed E-state index contributed by atoms with van der Waals surface area (Å²) in [4.78, 5) is 24.5. The Hall–Kier alpha value is -2.62. The van der Waals surface area contributed by atoms with Crippen LogP contribution in [-0.4, -0.2) is 17.6 Å². The Morgan fingerprint density at radius 3 is 2.65 bits per heavy atom. The second-order valence-electron chi connectivity index (χ2n) is 5.76. The number of hydrogen-bond donors (Lipinski definition) is 0. The van der Waals surface area contributed by atoms with Crippen LogP contribution < -0.4 is 5.56 Å². The molecule has 1 aromatic heterocycles. The minimum atomic E-state index is -0.388. The van der Waals surface area contributed by atoms with Crippen LogP contribution >= 0.6 is 0 Å². The Bertz CT molecular complexity index is 829. The molecule has 0 saturated carbocycles. The molecule has 0 unspecified atom stereocenters. The lowest BCUT2D eigenvalue weighted by atomic mass is 10.1. The van der Waals surface area contributed by atoms with E-state index in [9.17, 15) is 9.59 Å². The van der Waals surface area contributed by atoms with Gasteiger partial charge in [0.15, 0.2) is 0 Å². The van der Waals surface area contributed by atoms with Crippen molar-refractivity contribution in [2.75, 3.05) is 7.11 Å². The third kappa shape index (κ3) is 2.97. The molecule has 1 aliphatic rings. The first kappa shape index (κ1) is 15.3. The van der Waals surface area contributed by atoms with E-state index in [1.54, 1.807) is 16.7 Å². The van der Waals surface area contributed by atoms with E-state index >= 15 is 0 Å². The van der Waals surface area contributed by atoms with Gasteiger partial charge in [0.2, 0.25) is 0 Å². The summed E-state index contributed by atoms with van der Waals surface area (Å²) in [6.45, 7) is 2.69. The van der Waals surface area contributed by atoms with Gasteiger partial charge in [-0.05, 0) is 37.5 Å². The third-order valence-corrected chi connectivity index (χ3v) is 4.16. The van der Waals surface area contributed by atoms with Gasteiger partial charge in [-0.3, -0.25) is 4.79 Å². The van der Waals surface area contributed by atoms with Crippen molar-refractivity contribution < 1.29 is 9.53 Å². The molecular formula is C19H19NO3. The normalized spacial score (nSPS) is 13.3. The second kappa shape index (κ2) is 6.24. The molecule has 2 heterocycles. The van der Waals surface area contributed by atoms with Gasteiger partial charge in [-0.15, -0.1) is 0 Å². The maximum atomic E-state index is 12.6. The second-order valence-corrected chi connectivity index (χ2v) is 5.76. The molecule has 2 aromatic rings. The molecule has 3 rings (SSSR count).